The molecule has 1 aromatic carbocycles. The lowest BCUT2D eigenvalue weighted by Crippen LogP contribution is -1.99. The Kier molecular flexibility index (Phi) is 4.70. The molecule has 0 unspecified atom stereocenters. The number of hydrogen-bond acceptors (Lipinski definition) is 2. The van der Waals surface area contributed by atoms with Gasteiger partial charge in [0.1, 0.15) is 6.61 Å². The summed E-state index contributed by atoms with van der Waals surface area (Å²) in [4.78, 5) is 10.5. The number of hydrogen-bond donors (Lipinski definition) is 0. The third-order valence-corrected chi connectivity index (χ3v) is 1.84. The molecule has 80 valence electrons. The van der Waals surface area contributed by atoms with E-state index in [2.05, 4.69) is 17.8 Å². The Morgan fingerprint density at radius 1 is 1.38 bits per heavy atom. The van der Waals surface area contributed by atoms with Crippen LogP contribution in [0.25, 0.3) is 0 Å². The van der Waals surface area contributed by atoms with Gasteiger partial charge in [0.15, 0.2) is 0 Å². The number of esters is 1. The standard InChI is InChI=1S/C14H12O2/c1-3-13-8-4-5-9-14(13)10-6-7-11-16-12(2)15/h1,4-5,8-9H,7,11H2,2H3. The Balaban J connectivity index is 2.57. The molecule has 0 radical (unpaired) electrons. The van der Waals surface area contributed by atoms with Gasteiger partial charge >= 0.3 is 5.97 Å². The van der Waals surface area contributed by atoms with Crippen molar-refractivity contribution in [1.29, 1.82) is 0 Å². The molecule has 0 aliphatic rings. The van der Waals surface area contributed by atoms with E-state index in [9.17, 15) is 4.79 Å². The molecule has 0 spiro atoms. The van der Waals surface area contributed by atoms with Crippen molar-refractivity contribution in [3.63, 3.8) is 0 Å². The number of carbonyl (C=O) groups excluding carboxylic acids is 1. The van der Waals surface area contributed by atoms with Gasteiger partial charge in [-0.25, -0.2) is 0 Å². The minimum Gasteiger partial charge on any atom is -0.465 e. The smallest absolute Gasteiger partial charge is 0.302 e. The molecule has 2 heteroatoms. The van der Waals surface area contributed by atoms with Crippen molar-refractivity contribution in [2.24, 2.45) is 0 Å². The molecule has 0 fully saturated rings. The van der Waals surface area contributed by atoms with Crippen molar-refractivity contribution >= 4 is 5.97 Å². The van der Waals surface area contributed by atoms with Gasteiger partial charge in [-0.3, -0.25) is 4.79 Å². The van der Waals surface area contributed by atoms with Gasteiger partial charge in [0.05, 0.1) is 0 Å². The maximum absolute atomic E-state index is 10.5. The lowest BCUT2D eigenvalue weighted by atomic mass is 10.1. The van der Waals surface area contributed by atoms with Crippen molar-refractivity contribution in [2.75, 3.05) is 6.61 Å². The Hall–Kier alpha value is -2.19. The van der Waals surface area contributed by atoms with Crippen molar-refractivity contribution in [3.8, 4) is 24.2 Å². The lowest BCUT2D eigenvalue weighted by Gasteiger charge is -1.96. The summed E-state index contributed by atoms with van der Waals surface area (Å²) in [6.45, 7) is 1.70. The third kappa shape index (κ3) is 3.90. The average Bonchev–Trinajstić information content (AvgIpc) is 2.29. The fourth-order valence-electron chi connectivity index (χ4n) is 1.12. The summed E-state index contributed by atoms with van der Waals surface area (Å²) in [5.74, 6) is 8.14. The van der Waals surface area contributed by atoms with Crippen molar-refractivity contribution in [3.05, 3.63) is 35.4 Å². The normalized spacial score (nSPS) is 8.50. The summed E-state index contributed by atoms with van der Waals surface area (Å²) in [7, 11) is 0. The van der Waals surface area contributed by atoms with Crippen LogP contribution >= 0.6 is 0 Å². The largest absolute Gasteiger partial charge is 0.465 e. The fraction of sp³-hybridized carbons (Fsp3) is 0.214. The molecule has 0 aliphatic carbocycles. The van der Waals surface area contributed by atoms with E-state index in [0.717, 1.165) is 11.1 Å². The molecule has 0 bridgehead atoms. The van der Waals surface area contributed by atoms with E-state index in [-0.39, 0.29) is 5.97 Å². The number of carbonyl (C=O) groups is 1. The average molecular weight is 212 g/mol. The monoisotopic (exact) mass is 212 g/mol. The molecule has 0 N–H and O–H groups in total. The van der Waals surface area contributed by atoms with E-state index < -0.39 is 0 Å². The first-order chi connectivity index (χ1) is 7.74. The van der Waals surface area contributed by atoms with Crippen molar-refractivity contribution < 1.29 is 9.53 Å². The van der Waals surface area contributed by atoms with Gasteiger partial charge in [0, 0.05) is 24.5 Å². The molecule has 0 amide bonds. The highest BCUT2D eigenvalue weighted by molar-refractivity contribution is 5.65. The van der Waals surface area contributed by atoms with Crippen LogP contribution in [-0.2, 0) is 9.53 Å². The fourth-order valence-corrected chi connectivity index (χ4v) is 1.12. The zero-order chi connectivity index (χ0) is 11.8. The molecule has 0 saturated heterocycles. The molecule has 0 atom stereocenters. The van der Waals surface area contributed by atoms with Gasteiger partial charge in [-0.05, 0) is 12.1 Å². The molecule has 1 aromatic rings. The maximum Gasteiger partial charge on any atom is 0.302 e. The van der Waals surface area contributed by atoms with Crippen LogP contribution in [0.15, 0.2) is 24.3 Å². The van der Waals surface area contributed by atoms with Crippen LogP contribution in [0.4, 0.5) is 0 Å². The van der Waals surface area contributed by atoms with Crippen molar-refractivity contribution in [1.82, 2.24) is 0 Å². The van der Waals surface area contributed by atoms with Gasteiger partial charge in [-0.1, -0.05) is 29.9 Å². The quantitative estimate of drug-likeness (QED) is 0.425. The maximum atomic E-state index is 10.5. The molecular formula is C14H12O2. The highest BCUT2D eigenvalue weighted by atomic mass is 16.5. The highest BCUT2D eigenvalue weighted by Crippen LogP contribution is 2.04. The minimum atomic E-state index is -0.286. The zero-order valence-corrected chi connectivity index (χ0v) is 9.12. The van der Waals surface area contributed by atoms with Gasteiger partial charge in [-0.2, -0.15) is 0 Å². The van der Waals surface area contributed by atoms with Gasteiger partial charge in [-0.15, -0.1) is 6.42 Å². The Labute approximate surface area is 95.6 Å². The second kappa shape index (κ2) is 6.32. The SMILES string of the molecule is C#Cc1ccccc1C#CCCOC(C)=O. The van der Waals surface area contributed by atoms with E-state index in [1.165, 1.54) is 6.92 Å². The van der Waals surface area contributed by atoms with Gasteiger partial charge in [0.25, 0.3) is 0 Å². The molecular weight excluding hydrogens is 200 g/mol. The van der Waals surface area contributed by atoms with Crippen LogP contribution in [0.1, 0.15) is 24.5 Å². The third-order valence-electron chi connectivity index (χ3n) is 1.84. The summed E-state index contributed by atoms with van der Waals surface area (Å²) >= 11 is 0. The Morgan fingerprint density at radius 2 is 2.06 bits per heavy atom. The molecule has 1 rings (SSSR count). The van der Waals surface area contributed by atoms with Gasteiger partial charge in [0.2, 0.25) is 0 Å². The topological polar surface area (TPSA) is 26.3 Å². The zero-order valence-electron chi connectivity index (χ0n) is 9.12. The van der Waals surface area contributed by atoms with E-state index >= 15 is 0 Å². The second-order valence-electron chi connectivity index (χ2n) is 3.08. The predicted molar refractivity (Wildman–Crippen MR) is 62.5 cm³/mol. The lowest BCUT2D eigenvalue weighted by molar-refractivity contribution is -0.140. The first-order valence-electron chi connectivity index (χ1n) is 4.92. The Bertz CT molecular complexity index is 469. The summed E-state index contributed by atoms with van der Waals surface area (Å²) in [5, 5.41) is 0. The van der Waals surface area contributed by atoms with Crippen LogP contribution < -0.4 is 0 Å². The van der Waals surface area contributed by atoms with Crippen molar-refractivity contribution in [2.45, 2.75) is 13.3 Å². The predicted octanol–water partition coefficient (Wildman–Crippen LogP) is 1.97. The van der Waals surface area contributed by atoms with Crippen LogP contribution in [0.2, 0.25) is 0 Å². The van der Waals surface area contributed by atoms with E-state index in [0.29, 0.717) is 13.0 Å². The summed E-state index contributed by atoms with van der Waals surface area (Å²) in [6.07, 6.45) is 5.85. The summed E-state index contributed by atoms with van der Waals surface area (Å²) in [6, 6.07) is 7.47. The number of benzene rings is 1. The molecule has 2 nitrogen and oxygen atoms in total. The molecule has 0 saturated carbocycles. The first-order valence-corrected chi connectivity index (χ1v) is 4.92. The van der Waals surface area contributed by atoms with Gasteiger partial charge < -0.3 is 4.74 Å². The van der Waals surface area contributed by atoms with Crippen LogP contribution in [-0.4, -0.2) is 12.6 Å². The van der Waals surface area contributed by atoms with E-state index in [1.54, 1.807) is 0 Å². The number of terminal acetylenes is 1. The highest BCUT2D eigenvalue weighted by Gasteiger charge is 1.93. The Morgan fingerprint density at radius 3 is 2.69 bits per heavy atom. The van der Waals surface area contributed by atoms with E-state index in [4.69, 9.17) is 11.2 Å². The summed E-state index contributed by atoms with van der Waals surface area (Å²) < 4.78 is 4.75. The summed E-state index contributed by atoms with van der Waals surface area (Å²) in [5.41, 5.74) is 1.61. The first kappa shape index (κ1) is 11.9. The number of ether oxygens (including phenoxy) is 1. The number of rotatable bonds is 2. The minimum absolute atomic E-state index is 0.286. The van der Waals surface area contributed by atoms with Crippen LogP contribution in [0.3, 0.4) is 0 Å². The molecule has 16 heavy (non-hydrogen) atoms. The van der Waals surface area contributed by atoms with E-state index in [1.807, 2.05) is 24.3 Å². The second-order valence-corrected chi connectivity index (χ2v) is 3.08. The molecule has 0 aromatic heterocycles. The van der Waals surface area contributed by atoms with Crippen LogP contribution in [0.5, 0.6) is 0 Å². The van der Waals surface area contributed by atoms with Crippen LogP contribution in [0, 0.1) is 24.2 Å². The molecule has 0 aliphatic heterocycles. The molecule has 0 heterocycles.